The predicted octanol–water partition coefficient (Wildman–Crippen LogP) is 1.52. The Bertz CT molecular complexity index is 1000. The molecule has 29 heavy (non-hydrogen) atoms. The van der Waals surface area contributed by atoms with Crippen LogP contribution in [-0.4, -0.2) is 48.6 Å². The Morgan fingerprint density at radius 3 is 2.72 bits per heavy atom. The van der Waals surface area contributed by atoms with Gasteiger partial charge >= 0.3 is 0 Å². The zero-order valence-corrected chi connectivity index (χ0v) is 16.4. The van der Waals surface area contributed by atoms with Crippen LogP contribution in [0.2, 0.25) is 0 Å². The first-order valence-electron chi connectivity index (χ1n) is 9.73. The lowest BCUT2D eigenvalue weighted by Gasteiger charge is -2.32. The number of benzene rings is 1. The molecule has 1 aromatic carbocycles. The number of hydrogen-bond acceptors (Lipinski definition) is 6. The predicted molar refractivity (Wildman–Crippen MR) is 108 cm³/mol. The maximum atomic E-state index is 11.2. The van der Waals surface area contributed by atoms with Gasteiger partial charge in [0, 0.05) is 32.8 Å². The van der Waals surface area contributed by atoms with E-state index in [4.69, 9.17) is 5.73 Å². The lowest BCUT2D eigenvalue weighted by Crippen LogP contribution is -2.36. The minimum Gasteiger partial charge on any atom is -0.508 e. The lowest BCUT2D eigenvalue weighted by molar-refractivity contribution is -0.119. The third kappa shape index (κ3) is 4.23. The number of rotatable bonds is 6. The summed E-state index contributed by atoms with van der Waals surface area (Å²) in [7, 11) is 1.86. The van der Waals surface area contributed by atoms with Gasteiger partial charge < -0.3 is 15.7 Å². The van der Waals surface area contributed by atoms with Crippen LogP contribution in [0.25, 0.3) is 11.4 Å². The number of hydrogen-bond donors (Lipinski definition) is 2. The van der Waals surface area contributed by atoms with Gasteiger partial charge in [-0.2, -0.15) is 5.10 Å². The molecule has 4 rings (SSSR count). The van der Waals surface area contributed by atoms with Crippen LogP contribution in [0, 0.1) is 5.92 Å². The number of piperidine rings is 1. The van der Waals surface area contributed by atoms with Crippen molar-refractivity contribution < 1.29 is 9.90 Å². The maximum absolute atomic E-state index is 11.2. The van der Waals surface area contributed by atoms with E-state index in [2.05, 4.69) is 24.8 Å². The summed E-state index contributed by atoms with van der Waals surface area (Å²) < 4.78 is 3.79. The molecule has 3 N–H and O–H groups in total. The third-order valence-corrected chi connectivity index (χ3v) is 5.33. The summed E-state index contributed by atoms with van der Waals surface area (Å²) in [6.07, 6.45) is 5.90. The molecule has 1 saturated heterocycles. The van der Waals surface area contributed by atoms with Gasteiger partial charge in [-0.05, 0) is 36.5 Å². The monoisotopic (exact) mass is 395 g/mol. The molecule has 9 nitrogen and oxygen atoms in total. The molecular weight excluding hydrogens is 370 g/mol. The van der Waals surface area contributed by atoms with E-state index >= 15 is 0 Å². The van der Waals surface area contributed by atoms with Crippen LogP contribution in [-0.2, 0) is 18.4 Å². The molecule has 0 spiro atoms. The van der Waals surface area contributed by atoms with Crippen molar-refractivity contribution in [2.45, 2.75) is 25.8 Å². The smallest absolute Gasteiger partial charge is 0.227 e. The van der Waals surface area contributed by atoms with Crippen LogP contribution in [0.15, 0.2) is 36.7 Å². The van der Waals surface area contributed by atoms with Crippen molar-refractivity contribution in [3.63, 3.8) is 0 Å². The van der Waals surface area contributed by atoms with Crippen LogP contribution in [0.1, 0.15) is 24.8 Å². The summed E-state index contributed by atoms with van der Waals surface area (Å²) in [6.45, 7) is 2.12. The summed E-state index contributed by atoms with van der Waals surface area (Å²) in [4.78, 5) is 13.4. The molecule has 3 heterocycles. The fourth-order valence-corrected chi connectivity index (χ4v) is 3.88. The molecule has 152 valence electrons. The van der Waals surface area contributed by atoms with Gasteiger partial charge in [0.05, 0.1) is 18.3 Å². The number of carbonyl (C=O) groups excluding carboxylic acids is 1. The van der Waals surface area contributed by atoms with Crippen molar-refractivity contribution >= 4 is 11.9 Å². The van der Waals surface area contributed by atoms with Crippen molar-refractivity contribution in [2.24, 2.45) is 18.7 Å². The highest BCUT2D eigenvalue weighted by molar-refractivity contribution is 5.74. The molecule has 1 fully saturated rings. The Kier molecular flexibility index (Phi) is 5.20. The molecule has 0 atom stereocenters. The average molecular weight is 395 g/mol. The number of nitrogens with two attached hydrogens (primary N) is 1. The maximum Gasteiger partial charge on any atom is 0.227 e. The van der Waals surface area contributed by atoms with Gasteiger partial charge in [0.15, 0.2) is 5.82 Å². The number of aromatic nitrogens is 5. The van der Waals surface area contributed by atoms with Gasteiger partial charge in [0.1, 0.15) is 5.75 Å². The Hall–Kier alpha value is -3.36. The molecule has 1 aliphatic rings. The second-order valence-electron chi connectivity index (χ2n) is 7.58. The molecule has 0 unspecified atom stereocenters. The average Bonchev–Trinajstić information content (AvgIpc) is 3.28. The van der Waals surface area contributed by atoms with Crippen LogP contribution >= 0.6 is 0 Å². The number of anilines is 1. The molecule has 9 heteroatoms. The fraction of sp³-hybridized carbons (Fsp3) is 0.400. The molecule has 0 radical (unpaired) electrons. The normalized spacial score (nSPS) is 15.0. The molecule has 0 aliphatic carbocycles. The highest BCUT2D eigenvalue weighted by atomic mass is 16.3. The van der Waals surface area contributed by atoms with Crippen LogP contribution < -0.4 is 10.6 Å². The fourth-order valence-electron chi connectivity index (χ4n) is 3.88. The van der Waals surface area contributed by atoms with E-state index < -0.39 is 0 Å². The Morgan fingerprint density at radius 2 is 2.07 bits per heavy atom. The van der Waals surface area contributed by atoms with Crippen LogP contribution in [0.5, 0.6) is 5.75 Å². The zero-order valence-electron chi connectivity index (χ0n) is 16.4. The summed E-state index contributed by atoms with van der Waals surface area (Å²) in [6, 6.07) is 7.20. The minimum absolute atomic E-state index is 0.229. The molecular formula is C20H25N7O2. The quantitative estimate of drug-likeness (QED) is 0.654. The number of nitrogens with zero attached hydrogens (tertiary/aromatic N) is 6. The second-order valence-corrected chi connectivity index (χ2v) is 7.58. The summed E-state index contributed by atoms with van der Waals surface area (Å²) in [5, 5.41) is 23.0. The number of phenols is 1. The van der Waals surface area contributed by atoms with E-state index in [1.54, 1.807) is 23.0 Å². The largest absolute Gasteiger partial charge is 0.508 e. The molecule has 1 amide bonds. The van der Waals surface area contributed by atoms with Crippen molar-refractivity contribution in [1.29, 1.82) is 0 Å². The second kappa shape index (κ2) is 7.94. The van der Waals surface area contributed by atoms with E-state index in [1.807, 2.05) is 25.4 Å². The van der Waals surface area contributed by atoms with Gasteiger partial charge in [-0.25, -0.2) is 0 Å². The number of phenolic OH excluding ortho intramolecular Hbond substituents is 1. The number of primary amides is 1. The standard InChI is InChI=1S/C20H25N7O2/c1-25-13-16(11-22-25)19-23-24-20(26-7-5-14(6-8-26)10-18(21)29)27(19)12-15-3-2-4-17(28)9-15/h2-4,9,11,13-14,28H,5-8,10,12H2,1H3,(H2,21,29). The molecule has 3 aromatic rings. The van der Waals surface area contributed by atoms with Crippen LogP contribution in [0.3, 0.4) is 0 Å². The van der Waals surface area contributed by atoms with Gasteiger partial charge in [-0.3, -0.25) is 14.0 Å². The molecule has 0 bridgehead atoms. The lowest BCUT2D eigenvalue weighted by atomic mass is 9.93. The Morgan fingerprint density at radius 1 is 1.28 bits per heavy atom. The van der Waals surface area contributed by atoms with Crippen LogP contribution in [0.4, 0.5) is 5.95 Å². The van der Waals surface area contributed by atoms with E-state index in [9.17, 15) is 9.90 Å². The van der Waals surface area contributed by atoms with Crippen molar-refractivity contribution in [3.8, 4) is 17.1 Å². The molecule has 2 aromatic heterocycles. The summed E-state index contributed by atoms with van der Waals surface area (Å²) >= 11 is 0. The number of amides is 1. The van der Waals surface area contributed by atoms with E-state index in [0.717, 1.165) is 48.8 Å². The SMILES string of the molecule is Cn1cc(-c2nnc(N3CCC(CC(N)=O)CC3)n2Cc2cccc(O)c2)cn1. The van der Waals surface area contributed by atoms with E-state index in [1.165, 1.54) is 0 Å². The van der Waals surface area contributed by atoms with Crippen molar-refractivity contribution in [3.05, 3.63) is 42.2 Å². The first kappa shape index (κ1) is 19.0. The van der Waals surface area contributed by atoms with E-state index in [0.29, 0.717) is 18.9 Å². The van der Waals surface area contributed by atoms with Gasteiger partial charge in [-0.15, -0.1) is 10.2 Å². The van der Waals surface area contributed by atoms with Gasteiger partial charge in [0.25, 0.3) is 0 Å². The molecule has 0 saturated carbocycles. The first-order chi connectivity index (χ1) is 14.0. The highest BCUT2D eigenvalue weighted by Gasteiger charge is 2.26. The third-order valence-electron chi connectivity index (χ3n) is 5.33. The Balaban J connectivity index is 1.63. The number of carbonyl (C=O) groups is 1. The topological polar surface area (TPSA) is 115 Å². The number of aromatic hydroxyl groups is 1. The summed E-state index contributed by atoms with van der Waals surface area (Å²) in [5.74, 6) is 1.83. The molecule has 1 aliphatic heterocycles. The first-order valence-corrected chi connectivity index (χ1v) is 9.73. The Labute approximate surface area is 168 Å². The zero-order chi connectivity index (χ0) is 20.4. The number of aryl methyl sites for hydroxylation is 1. The minimum atomic E-state index is -0.241. The van der Waals surface area contributed by atoms with Gasteiger partial charge in [0.2, 0.25) is 11.9 Å². The highest BCUT2D eigenvalue weighted by Crippen LogP contribution is 2.28. The van der Waals surface area contributed by atoms with E-state index in [-0.39, 0.29) is 11.7 Å². The van der Waals surface area contributed by atoms with Crippen molar-refractivity contribution in [1.82, 2.24) is 24.5 Å². The van der Waals surface area contributed by atoms with Gasteiger partial charge in [-0.1, -0.05) is 12.1 Å². The van der Waals surface area contributed by atoms with Crippen molar-refractivity contribution in [2.75, 3.05) is 18.0 Å². The summed E-state index contributed by atoms with van der Waals surface area (Å²) in [5.41, 5.74) is 7.20.